The summed E-state index contributed by atoms with van der Waals surface area (Å²) in [5.74, 6) is -3.29. The Hall–Kier alpha value is -3.28. The molecule has 3 saturated heterocycles. The van der Waals surface area contributed by atoms with Crippen LogP contribution in [0.15, 0.2) is 18.2 Å². The SMILES string of the molecule is COc1cccc2c1C(=O)c1c(O)c3c(c(O)c1C2=O)C[C@@](O)(C(=O)NCC(C)(C)S)C[C@@H]3O[C@H]1C[C@H]2[C@H](O[C@@H]3[C@@H](OC)OCCN32)[C@H](C)O1. The number of nitrogens with zero attached hydrogens (tertiary/aromatic N) is 1. The molecule has 2 aliphatic carbocycles. The van der Waals surface area contributed by atoms with Crippen molar-refractivity contribution in [3.63, 3.8) is 0 Å². The molecular weight excluding hydrogens is 672 g/mol. The molecule has 0 radical (unpaired) electrons. The number of rotatable bonds is 7. The monoisotopic (exact) mass is 714 g/mol. The molecule has 3 fully saturated rings. The smallest absolute Gasteiger partial charge is 0.252 e. The minimum atomic E-state index is -2.15. The van der Waals surface area contributed by atoms with Gasteiger partial charge in [-0.05, 0) is 26.8 Å². The van der Waals surface area contributed by atoms with Crippen molar-refractivity contribution in [1.29, 1.82) is 0 Å². The lowest BCUT2D eigenvalue weighted by Gasteiger charge is -2.43. The van der Waals surface area contributed by atoms with Crippen molar-refractivity contribution in [1.82, 2.24) is 10.2 Å². The number of hydrogen-bond donors (Lipinski definition) is 5. The summed E-state index contributed by atoms with van der Waals surface area (Å²) in [6.07, 6.45) is -4.54. The molecule has 2 aromatic rings. The van der Waals surface area contributed by atoms with Gasteiger partial charge in [0.15, 0.2) is 24.6 Å². The van der Waals surface area contributed by atoms with E-state index in [-0.39, 0.29) is 53.1 Å². The van der Waals surface area contributed by atoms with Crippen LogP contribution in [0.1, 0.15) is 82.7 Å². The lowest BCUT2D eigenvalue weighted by Crippen LogP contribution is -2.55. The topological polar surface area (TPSA) is 183 Å². The normalized spacial score (nSPS) is 32.0. The molecule has 1 amide bonds. The number of phenols is 2. The van der Waals surface area contributed by atoms with Crippen LogP contribution in [0.4, 0.5) is 0 Å². The first kappa shape index (κ1) is 35.1. The number of fused-ring (bicyclic) bond motifs is 6. The summed E-state index contributed by atoms with van der Waals surface area (Å²) in [7, 11) is 2.91. The summed E-state index contributed by atoms with van der Waals surface area (Å²) >= 11 is 4.47. The number of carbonyl (C=O) groups excluding carboxylic acids is 3. The van der Waals surface area contributed by atoms with Crippen LogP contribution in [0.5, 0.6) is 17.2 Å². The number of phenolic OH excluding ortho intramolecular Hbond substituents is 2. The zero-order chi connectivity index (χ0) is 35.9. The molecule has 15 heteroatoms. The van der Waals surface area contributed by atoms with E-state index in [0.717, 1.165) is 0 Å². The van der Waals surface area contributed by atoms with Crippen LogP contribution in [0.2, 0.25) is 0 Å². The largest absolute Gasteiger partial charge is 0.507 e. The molecule has 8 atom stereocenters. The number of ketones is 2. The van der Waals surface area contributed by atoms with Gasteiger partial charge < -0.3 is 49.1 Å². The van der Waals surface area contributed by atoms with Crippen molar-refractivity contribution in [2.75, 3.05) is 33.9 Å². The highest BCUT2D eigenvalue weighted by molar-refractivity contribution is 7.81. The number of hydrogen-bond acceptors (Lipinski definition) is 14. The Balaban J connectivity index is 1.29. The second-order valence-electron chi connectivity index (χ2n) is 14.2. The number of thiol groups is 1. The molecule has 14 nitrogen and oxygen atoms in total. The lowest BCUT2D eigenvalue weighted by atomic mass is 9.72. The third-order valence-electron chi connectivity index (χ3n) is 10.3. The fraction of sp³-hybridized carbons (Fsp3) is 0.571. The third-order valence-corrected chi connectivity index (χ3v) is 10.4. The van der Waals surface area contributed by atoms with Gasteiger partial charge in [-0.15, -0.1) is 0 Å². The third kappa shape index (κ3) is 5.68. The van der Waals surface area contributed by atoms with Gasteiger partial charge in [0, 0.05) is 66.9 Å². The standard InChI is InChI=1S/C35H42N2O12S/c1-15-30-18(37-9-10-46-32(45-5)31(37)49-30)11-21(47-15)48-20-13-35(43,33(42)36-14-34(2,3)50)12-17-23(20)29(41)25-24(27(17)39)26(38)16-7-6-8-19(44-4)22(16)28(25)40/h6-8,15,18,20-21,30-32,39,41,43,50H,9-14H2,1-5H3,(H,36,42)/t15-,18-,20-,21-,30+,31+,32-,35-/m0/s1. The van der Waals surface area contributed by atoms with E-state index >= 15 is 0 Å². The predicted octanol–water partition coefficient (Wildman–Crippen LogP) is 1.97. The number of nitrogens with one attached hydrogen (secondary N) is 1. The van der Waals surface area contributed by atoms with Gasteiger partial charge in [0.05, 0.1) is 42.6 Å². The first-order valence-electron chi connectivity index (χ1n) is 16.6. The molecule has 2 aromatic carbocycles. The van der Waals surface area contributed by atoms with Crippen molar-refractivity contribution >= 4 is 30.1 Å². The van der Waals surface area contributed by atoms with Crippen LogP contribution in [0.3, 0.4) is 0 Å². The highest BCUT2D eigenvalue weighted by Gasteiger charge is 2.55. The van der Waals surface area contributed by atoms with Gasteiger partial charge in [0.25, 0.3) is 5.91 Å². The molecule has 0 bridgehead atoms. The summed E-state index contributed by atoms with van der Waals surface area (Å²) in [5.41, 5.74) is -3.16. The van der Waals surface area contributed by atoms with Gasteiger partial charge in [-0.3, -0.25) is 19.3 Å². The number of ether oxygens (including phenoxy) is 6. The molecule has 3 aliphatic heterocycles. The lowest BCUT2D eigenvalue weighted by molar-refractivity contribution is -0.256. The number of carbonyl (C=O) groups is 3. The zero-order valence-corrected chi connectivity index (χ0v) is 29.3. The van der Waals surface area contributed by atoms with E-state index in [2.05, 4.69) is 22.8 Å². The first-order valence-corrected chi connectivity index (χ1v) is 17.1. The van der Waals surface area contributed by atoms with Crippen molar-refractivity contribution in [2.45, 2.75) is 93.5 Å². The van der Waals surface area contributed by atoms with Crippen LogP contribution >= 0.6 is 12.6 Å². The average Bonchev–Trinajstić information content (AvgIpc) is 3.46. The van der Waals surface area contributed by atoms with Crippen molar-refractivity contribution in [3.05, 3.63) is 51.6 Å². The van der Waals surface area contributed by atoms with Crippen LogP contribution in [0, 0.1) is 0 Å². The van der Waals surface area contributed by atoms with E-state index < -0.39 is 87.9 Å². The minimum absolute atomic E-state index is 0.0146. The summed E-state index contributed by atoms with van der Waals surface area (Å²) in [5, 5.41) is 38.4. The molecule has 3 heterocycles. The highest BCUT2D eigenvalue weighted by Crippen LogP contribution is 2.53. The molecule has 5 aliphatic rings. The average molecular weight is 715 g/mol. The van der Waals surface area contributed by atoms with Crippen molar-refractivity contribution in [3.8, 4) is 17.2 Å². The summed E-state index contributed by atoms with van der Waals surface area (Å²) < 4.78 is 35.1. The molecule has 0 unspecified atom stereocenters. The van der Waals surface area contributed by atoms with Crippen molar-refractivity contribution in [2.24, 2.45) is 0 Å². The Labute approximate surface area is 294 Å². The van der Waals surface area contributed by atoms with Crippen LogP contribution in [-0.4, -0.2) is 119 Å². The van der Waals surface area contributed by atoms with Gasteiger partial charge in [-0.1, -0.05) is 12.1 Å². The van der Waals surface area contributed by atoms with Gasteiger partial charge in [-0.2, -0.15) is 12.6 Å². The van der Waals surface area contributed by atoms with Crippen LogP contribution < -0.4 is 10.1 Å². The number of aromatic hydroxyl groups is 2. The highest BCUT2D eigenvalue weighted by atomic mass is 32.1. The van der Waals surface area contributed by atoms with Crippen LogP contribution in [-0.2, 0) is 34.9 Å². The van der Waals surface area contributed by atoms with Crippen molar-refractivity contribution < 1.29 is 58.1 Å². The van der Waals surface area contributed by atoms with Gasteiger partial charge >= 0.3 is 0 Å². The van der Waals surface area contributed by atoms with E-state index in [1.54, 1.807) is 27.0 Å². The minimum Gasteiger partial charge on any atom is -0.507 e. The van der Waals surface area contributed by atoms with Crippen LogP contribution in [0.25, 0.3) is 0 Å². The molecular formula is C35H42N2O12S. The maximum atomic E-state index is 14.0. The molecule has 0 aromatic heterocycles. The quantitative estimate of drug-likeness (QED) is 0.177. The van der Waals surface area contributed by atoms with Gasteiger partial charge in [-0.25, -0.2) is 0 Å². The van der Waals surface area contributed by atoms with E-state index in [4.69, 9.17) is 28.4 Å². The van der Waals surface area contributed by atoms with Gasteiger partial charge in [0.1, 0.15) is 29.0 Å². The molecule has 270 valence electrons. The van der Waals surface area contributed by atoms with Gasteiger partial charge in [0.2, 0.25) is 5.78 Å². The Morgan fingerprint density at radius 2 is 1.86 bits per heavy atom. The molecule has 7 rings (SSSR count). The van der Waals surface area contributed by atoms with E-state index in [9.17, 15) is 29.7 Å². The molecule has 0 spiro atoms. The predicted molar refractivity (Wildman–Crippen MR) is 178 cm³/mol. The Kier molecular flexibility index (Phi) is 8.95. The van der Waals surface area contributed by atoms with E-state index in [0.29, 0.717) is 19.6 Å². The maximum absolute atomic E-state index is 14.0. The number of amides is 1. The number of aliphatic hydroxyl groups is 1. The Morgan fingerprint density at radius 1 is 1.12 bits per heavy atom. The second-order valence-corrected chi connectivity index (χ2v) is 15.4. The Morgan fingerprint density at radius 3 is 2.56 bits per heavy atom. The number of methoxy groups -OCH3 is 2. The Bertz CT molecular complexity index is 1740. The summed E-state index contributed by atoms with van der Waals surface area (Å²) in [6.45, 7) is 6.56. The second kappa shape index (κ2) is 12.7. The first-order chi connectivity index (χ1) is 23.7. The zero-order valence-electron chi connectivity index (χ0n) is 28.4. The number of benzene rings is 2. The summed E-state index contributed by atoms with van der Waals surface area (Å²) in [6, 6.07) is 4.34. The van der Waals surface area contributed by atoms with E-state index in [1.807, 2.05) is 6.92 Å². The van der Waals surface area contributed by atoms with E-state index in [1.165, 1.54) is 19.2 Å². The molecule has 50 heavy (non-hydrogen) atoms. The number of morpholine rings is 1. The maximum Gasteiger partial charge on any atom is 0.252 e. The molecule has 4 N–H and O–H groups in total. The molecule has 0 saturated carbocycles. The fourth-order valence-electron chi connectivity index (χ4n) is 7.96. The fourth-order valence-corrected chi connectivity index (χ4v) is 8.04. The summed E-state index contributed by atoms with van der Waals surface area (Å²) in [4.78, 5) is 43.7.